The maximum Gasteiger partial charge on any atom is 0.310 e. The van der Waals surface area contributed by atoms with Crippen LogP contribution in [0.3, 0.4) is 0 Å². The normalized spacial score (nSPS) is 14.0. The largest absolute Gasteiger partial charge is 0.457 e. The molecule has 2 aromatic rings. The molecule has 0 fully saturated rings. The average Bonchev–Trinajstić information content (AvgIpc) is 2.68. The van der Waals surface area contributed by atoms with Gasteiger partial charge in [0.2, 0.25) is 0 Å². The lowest BCUT2D eigenvalue weighted by molar-refractivity contribution is -0.158. The number of ether oxygens (including phenoxy) is 2. The highest BCUT2D eigenvalue weighted by atomic mass is 35.5. The highest BCUT2D eigenvalue weighted by Gasteiger charge is 2.31. The Morgan fingerprint density at radius 2 is 1.67 bits per heavy atom. The van der Waals surface area contributed by atoms with Crippen LogP contribution in [0.15, 0.2) is 65.2 Å². The number of carbonyl (C=O) groups is 1. The summed E-state index contributed by atoms with van der Waals surface area (Å²) < 4.78 is 12.1. The van der Waals surface area contributed by atoms with Gasteiger partial charge in [-0.05, 0) is 48.1 Å². The molecule has 0 spiro atoms. The number of hydrogen-bond acceptors (Lipinski definition) is 3. The van der Waals surface area contributed by atoms with Crippen LogP contribution in [0.5, 0.6) is 11.5 Å². The summed E-state index contributed by atoms with van der Waals surface area (Å²) in [6, 6.07) is 17.3. The van der Waals surface area contributed by atoms with E-state index in [9.17, 15) is 4.79 Å². The van der Waals surface area contributed by atoms with Crippen LogP contribution < -0.4 is 4.74 Å². The number of para-hydroxylation sites is 1. The Morgan fingerprint density at radius 1 is 1.00 bits per heavy atom. The van der Waals surface area contributed by atoms with Crippen LogP contribution in [0.25, 0.3) is 0 Å². The monoisotopic (exact) mass is 448 g/mol. The number of allylic oxidation sites excluding steroid dienone is 1. The fourth-order valence-electron chi connectivity index (χ4n) is 3.57. The molecule has 0 saturated carbocycles. The van der Waals surface area contributed by atoms with Crippen LogP contribution in [0, 0.1) is 17.8 Å². The van der Waals surface area contributed by atoms with Crippen molar-refractivity contribution in [3.8, 4) is 11.5 Å². The molecule has 30 heavy (non-hydrogen) atoms. The zero-order valence-electron chi connectivity index (χ0n) is 18.0. The van der Waals surface area contributed by atoms with Crippen molar-refractivity contribution >= 4 is 29.2 Å². The molecular formula is C25H30Cl2O3. The molecule has 0 heterocycles. The van der Waals surface area contributed by atoms with Crippen molar-refractivity contribution in [2.45, 2.75) is 46.6 Å². The number of rotatable bonds is 10. The first-order valence-corrected chi connectivity index (χ1v) is 11.1. The van der Waals surface area contributed by atoms with Crippen molar-refractivity contribution in [3.05, 3.63) is 70.7 Å². The Kier molecular flexibility index (Phi) is 9.74. The van der Waals surface area contributed by atoms with E-state index in [1.165, 1.54) is 0 Å². The van der Waals surface area contributed by atoms with E-state index in [1.54, 1.807) is 6.08 Å². The van der Waals surface area contributed by atoms with Gasteiger partial charge in [0.25, 0.3) is 0 Å². The molecule has 0 amide bonds. The minimum absolute atomic E-state index is 0.0893. The second kappa shape index (κ2) is 12.0. The van der Waals surface area contributed by atoms with Crippen LogP contribution in [0.4, 0.5) is 0 Å². The summed E-state index contributed by atoms with van der Waals surface area (Å²) in [5, 5.41) is 0. The molecule has 162 valence electrons. The summed E-state index contributed by atoms with van der Waals surface area (Å²) >= 11 is 11.6. The molecular weight excluding hydrogens is 419 g/mol. The molecule has 0 N–H and O–H groups in total. The van der Waals surface area contributed by atoms with Crippen molar-refractivity contribution in [2.75, 3.05) is 0 Å². The predicted molar refractivity (Wildman–Crippen MR) is 124 cm³/mol. The molecule has 0 aromatic heterocycles. The first-order chi connectivity index (χ1) is 14.3. The van der Waals surface area contributed by atoms with Gasteiger partial charge < -0.3 is 9.47 Å². The van der Waals surface area contributed by atoms with Gasteiger partial charge in [0.1, 0.15) is 22.1 Å². The van der Waals surface area contributed by atoms with Crippen LogP contribution in [-0.4, -0.2) is 5.97 Å². The summed E-state index contributed by atoms with van der Waals surface area (Å²) in [6.45, 7) is 8.01. The maximum atomic E-state index is 13.1. The number of carbonyl (C=O) groups excluding carboxylic acids is 1. The lowest BCUT2D eigenvalue weighted by atomic mass is 9.84. The number of benzene rings is 2. The Bertz CT molecular complexity index is 829. The van der Waals surface area contributed by atoms with E-state index >= 15 is 0 Å². The highest BCUT2D eigenvalue weighted by Crippen LogP contribution is 2.32. The van der Waals surface area contributed by atoms with Gasteiger partial charge >= 0.3 is 5.97 Å². The van der Waals surface area contributed by atoms with Crippen molar-refractivity contribution < 1.29 is 14.3 Å². The summed E-state index contributed by atoms with van der Waals surface area (Å²) in [5.74, 6) is 0.861. The third-order valence-electron chi connectivity index (χ3n) is 4.96. The van der Waals surface area contributed by atoms with Crippen molar-refractivity contribution in [3.63, 3.8) is 0 Å². The highest BCUT2D eigenvalue weighted by molar-refractivity contribution is 6.55. The second-order valence-electron chi connectivity index (χ2n) is 7.79. The van der Waals surface area contributed by atoms with E-state index in [1.807, 2.05) is 75.4 Å². The number of esters is 1. The standard InChI is InChI=1S/C25H30Cl2O3/c1-5-10-22(30-25(28)24(17(2)3)18(4)15-23(26)27)19-11-9-14-21(16-19)29-20-12-7-6-8-13-20/h6-9,11-18,22,24H,5,10H2,1-4H3. The minimum atomic E-state index is -0.342. The van der Waals surface area contributed by atoms with Gasteiger partial charge in [-0.1, -0.05) is 93.7 Å². The maximum absolute atomic E-state index is 13.1. The second-order valence-corrected chi connectivity index (χ2v) is 8.79. The van der Waals surface area contributed by atoms with E-state index in [0.717, 1.165) is 24.2 Å². The Labute approximate surface area is 190 Å². The van der Waals surface area contributed by atoms with E-state index in [2.05, 4.69) is 6.92 Å². The summed E-state index contributed by atoms with van der Waals surface area (Å²) in [7, 11) is 0. The molecule has 0 radical (unpaired) electrons. The zero-order chi connectivity index (χ0) is 22.1. The Hall–Kier alpha value is -1.97. The van der Waals surface area contributed by atoms with Gasteiger partial charge in [0, 0.05) is 0 Å². The molecule has 0 saturated heterocycles. The van der Waals surface area contributed by atoms with Crippen LogP contribution in [0.2, 0.25) is 0 Å². The summed E-state index contributed by atoms with van der Waals surface area (Å²) in [4.78, 5) is 13.1. The van der Waals surface area contributed by atoms with Gasteiger partial charge in [-0.25, -0.2) is 0 Å². The van der Waals surface area contributed by atoms with Gasteiger partial charge in [-0.3, -0.25) is 4.79 Å². The van der Waals surface area contributed by atoms with E-state index in [4.69, 9.17) is 32.7 Å². The lowest BCUT2D eigenvalue weighted by Crippen LogP contribution is -2.29. The van der Waals surface area contributed by atoms with Gasteiger partial charge in [0.05, 0.1) is 5.92 Å². The molecule has 3 atom stereocenters. The quantitative estimate of drug-likeness (QED) is 0.344. The minimum Gasteiger partial charge on any atom is -0.457 e. The fourth-order valence-corrected chi connectivity index (χ4v) is 3.97. The number of hydrogen-bond donors (Lipinski definition) is 0. The molecule has 3 nitrogen and oxygen atoms in total. The molecule has 5 heteroatoms. The van der Waals surface area contributed by atoms with Crippen LogP contribution in [0.1, 0.15) is 52.2 Å². The van der Waals surface area contributed by atoms with Crippen molar-refractivity contribution in [1.29, 1.82) is 0 Å². The molecule has 0 aliphatic heterocycles. The smallest absolute Gasteiger partial charge is 0.310 e. The molecule has 0 bridgehead atoms. The SMILES string of the molecule is CCCC(OC(=O)C(C(C)C)C(C)C=C(Cl)Cl)c1cccc(Oc2ccccc2)c1. The Balaban J connectivity index is 2.21. The Morgan fingerprint density at radius 3 is 2.27 bits per heavy atom. The first kappa shape index (κ1) is 24.3. The predicted octanol–water partition coefficient (Wildman–Crippen LogP) is 8.09. The summed E-state index contributed by atoms with van der Waals surface area (Å²) in [5.41, 5.74) is 0.916. The zero-order valence-corrected chi connectivity index (χ0v) is 19.5. The van der Waals surface area contributed by atoms with Crippen molar-refractivity contribution in [1.82, 2.24) is 0 Å². The third kappa shape index (κ3) is 7.37. The van der Waals surface area contributed by atoms with E-state index < -0.39 is 0 Å². The summed E-state index contributed by atoms with van der Waals surface area (Å²) in [6.07, 6.45) is 2.96. The lowest BCUT2D eigenvalue weighted by Gasteiger charge is -2.27. The average molecular weight is 449 g/mol. The third-order valence-corrected chi connectivity index (χ3v) is 5.22. The molecule has 2 rings (SSSR count). The van der Waals surface area contributed by atoms with Crippen LogP contribution in [-0.2, 0) is 9.53 Å². The molecule has 0 aliphatic rings. The molecule has 2 aromatic carbocycles. The topological polar surface area (TPSA) is 35.5 Å². The first-order valence-electron chi connectivity index (χ1n) is 10.4. The van der Waals surface area contributed by atoms with Crippen LogP contribution >= 0.6 is 23.2 Å². The van der Waals surface area contributed by atoms with E-state index in [-0.39, 0.29) is 34.3 Å². The number of halogens is 2. The molecule has 3 unspecified atom stereocenters. The van der Waals surface area contributed by atoms with E-state index in [0.29, 0.717) is 5.75 Å². The fraction of sp³-hybridized carbons (Fsp3) is 0.400. The van der Waals surface area contributed by atoms with Gasteiger partial charge in [-0.15, -0.1) is 0 Å². The molecule has 0 aliphatic carbocycles. The van der Waals surface area contributed by atoms with Gasteiger partial charge in [0.15, 0.2) is 0 Å². The van der Waals surface area contributed by atoms with Crippen molar-refractivity contribution in [2.24, 2.45) is 17.8 Å². The van der Waals surface area contributed by atoms with Gasteiger partial charge in [-0.2, -0.15) is 0 Å².